The van der Waals surface area contributed by atoms with E-state index in [0.29, 0.717) is 0 Å². The Balaban J connectivity index is 2.59. The van der Waals surface area contributed by atoms with Gasteiger partial charge in [0, 0.05) is 33.1 Å². The van der Waals surface area contributed by atoms with Crippen LogP contribution in [0.25, 0.3) is 20.9 Å². The Kier molecular flexibility index (Phi) is 6.75. The van der Waals surface area contributed by atoms with Gasteiger partial charge in [0.05, 0.1) is 21.3 Å². The standard InChI is InChI=1S/C16H12N10O4/c1-9(11-5-3-7-13(25(27)28)15(11)21-23-17)19-20-10(2)12-6-4-8-14(26(29)30)16(12)22-24-18/h3-8H,1-2H3/b19-9+,20-10+. The average Bonchev–Trinajstić information content (AvgIpc) is 2.72. The van der Waals surface area contributed by atoms with Gasteiger partial charge in [0.2, 0.25) is 0 Å². The number of benzene rings is 2. The van der Waals surface area contributed by atoms with Crippen molar-refractivity contribution in [2.45, 2.75) is 13.8 Å². The Labute approximate surface area is 167 Å². The molecule has 0 aliphatic carbocycles. The topological polar surface area (TPSA) is 209 Å². The minimum absolute atomic E-state index is 0.188. The Morgan fingerprint density at radius 2 is 1.17 bits per heavy atom. The molecule has 30 heavy (non-hydrogen) atoms. The minimum Gasteiger partial charge on any atom is -0.258 e. The predicted molar refractivity (Wildman–Crippen MR) is 108 cm³/mol. The molecule has 2 rings (SSSR count). The summed E-state index contributed by atoms with van der Waals surface area (Å²) in [7, 11) is 0. The van der Waals surface area contributed by atoms with Crippen molar-refractivity contribution in [2.75, 3.05) is 0 Å². The summed E-state index contributed by atoms with van der Waals surface area (Å²) < 4.78 is 0. The summed E-state index contributed by atoms with van der Waals surface area (Å²) in [6.07, 6.45) is 0. The second kappa shape index (κ2) is 9.41. The minimum atomic E-state index is -0.690. The van der Waals surface area contributed by atoms with Crippen LogP contribution in [0.3, 0.4) is 0 Å². The maximum atomic E-state index is 11.2. The molecule has 0 saturated heterocycles. The molecule has 0 N–H and O–H groups in total. The number of nitrogens with zero attached hydrogens (tertiary/aromatic N) is 10. The molecule has 0 radical (unpaired) electrons. The molecule has 0 aromatic heterocycles. The molecule has 150 valence electrons. The first-order chi connectivity index (χ1) is 14.3. The van der Waals surface area contributed by atoms with Crippen molar-refractivity contribution < 1.29 is 9.85 Å². The van der Waals surface area contributed by atoms with Crippen LogP contribution < -0.4 is 0 Å². The van der Waals surface area contributed by atoms with Crippen LogP contribution in [0.2, 0.25) is 0 Å². The molecular weight excluding hydrogens is 396 g/mol. The molecule has 0 aliphatic heterocycles. The highest BCUT2D eigenvalue weighted by Crippen LogP contribution is 2.33. The number of nitro benzene ring substituents is 2. The van der Waals surface area contributed by atoms with Gasteiger partial charge in [0.25, 0.3) is 11.4 Å². The summed E-state index contributed by atoms with van der Waals surface area (Å²) in [5.41, 5.74) is 17.0. The van der Waals surface area contributed by atoms with Gasteiger partial charge in [0.1, 0.15) is 11.4 Å². The summed E-state index contributed by atoms with van der Waals surface area (Å²) in [6, 6.07) is 8.12. The monoisotopic (exact) mass is 408 g/mol. The zero-order chi connectivity index (χ0) is 22.3. The third kappa shape index (κ3) is 4.54. The molecule has 0 spiro atoms. The first-order valence-electron chi connectivity index (χ1n) is 8.06. The van der Waals surface area contributed by atoms with Gasteiger partial charge in [-0.2, -0.15) is 10.2 Å². The van der Waals surface area contributed by atoms with Crippen molar-refractivity contribution in [3.63, 3.8) is 0 Å². The first-order valence-corrected chi connectivity index (χ1v) is 8.06. The molecular formula is C16H12N10O4. The third-order valence-electron chi connectivity index (χ3n) is 3.84. The fourth-order valence-corrected chi connectivity index (χ4v) is 2.50. The molecule has 0 fully saturated rings. The van der Waals surface area contributed by atoms with Crippen molar-refractivity contribution in [2.24, 2.45) is 20.4 Å². The molecule has 0 bridgehead atoms. The molecule has 0 aliphatic rings. The van der Waals surface area contributed by atoms with E-state index < -0.39 is 21.2 Å². The quantitative estimate of drug-likeness (QED) is 0.142. The second-order valence-electron chi connectivity index (χ2n) is 5.61. The lowest BCUT2D eigenvalue weighted by atomic mass is 10.1. The van der Waals surface area contributed by atoms with E-state index in [-0.39, 0.29) is 33.9 Å². The van der Waals surface area contributed by atoms with Crippen LogP contribution in [-0.2, 0) is 0 Å². The van der Waals surface area contributed by atoms with Gasteiger partial charge >= 0.3 is 0 Å². The zero-order valence-corrected chi connectivity index (χ0v) is 15.6. The van der Waals surface area contributed by atoms with Crippen molar-refractivity contribution in [3.05, 3.63) is 88.6 Å². The zero-order valence-electron chi connectivity index (χ0n) is 15.6. The highest BCUT2D eigenvalue weighted by molar-refractivity contribution is 6.07. The summed E-state index contributed by atoms with van der Waals surface area (Å²) in [5.74, 6) is 0. The van der Waals surface area contributed by atoms with E-state index in [1.807, 2.05) is 0 Å². The maximum absolute atomic E-state index is 11.2. The lowest BCUT2D eigenvalue weighted by Gasteiger charge is -2.06. The lowest BCUT2D eigenvalue weighted by Crippen LogP contribution is -2.00. The fraction of sp³-hybridized carbons (Fsp3) is 0.125. The largest absolute Gasteiger partial charge is 0.279 e. The molecule has 0 unspecified atom stereocenters. The molecule has 14 nitrogen and oxygen atoms in total. The van der Waals surface area contributed by atoms with Crippen LogP contribution in [0.4, 0.5) is 22.7 Å². The van der Waals surface area contributed by atoms with E-state index >= 15 is 0 Å². The van der Waals surface area contributed by atoms with Crippen LogP contribution in [0.15, 0.2) is 56.8 Å². The first kappa shape index (κ1) is 21.5. The van der Waals surface area contributed by atoms with Crippen LogP contribution in [-0.4, -0.2) is 21.3 Å². The van der Waals surface area contributed by atoms with E-state index in [1.54, 1.807) is 0 Å². The SMILES string of the molecule is C/C(=N\N=C(/C)c1cccc([N+](=O)[O-])c1N=[N+]=[N-])c1cccc([N+](=O)[O-])c1N=[N+]=[N-]. The molecule has 0 atom stereocenters. The lowest BCUT2D eigenvalue weighted by molar-refractivity contribution is -0.384. The van der Waals surface area contributed by atoms with E-state index in [0.717, 1.165) is 0 Å². The summed E-state index contributed by atoms with van der Waals surface area (Å²) in [4.78, 5) is 26.2. The highest BCUT2D eigenvalue weighted by Gasteiger charge is 2.19. The Morgan fingerprint density at radius 1 is 0.800 bits per heavy atom. The smallest absolute Gasteiger partial charge is 0.258 e. The van der Waals surface area contributed by atoms with Crippen molar-refractivity contribution in [3.8, 4) is 0 Å². The van der Waals surface area contributed by atoms with E-state index in [2.05, 4.69) is 30.3 Å². The Morgan fingerprint density at radius 3 is 1.47 bits per heavy atom. The number of hydrogen-bond donors (Lipinski definition) is 0. The van der Waals surface area contributed by atoms with Gasteiger partial charge in [-0.3, -0.25) is 20.2 Å². The van der Waals surface area contributed by atoms with E-state index in [9.17, 15) is 20.2 Å². The average molecular weight is 408 g/mol. The Hall–Kier alpha value is -4.80. The molecule has 0 amide bonds. The van der Waals surface area contributed by atoms with Gasteiger partial charge in [-0.1, -0.05) is 34.5 Å². The molecule has 0 saturated carbocycles. The molecule has 0 heterocycles. The normalized spacial score (nSPS) is 11.3. The van der Waals surface area contributed by atoms with E-state index in [1.165, 1.54) is 50.2 Å². The van der Waals surface area contributed by atoms with Gasteiger partial charge in [0.15, 0.2) is 0 Å². The Bertz CT molecular complexity index is 1100. The van der Waals surface area contributed by atoms with Gasteiger partial charge < -0.3 is 0 Å². The molecule has 14 heteroatoms. The van der Waals surface area contributed by atoms with E-state index in [4.69, 9.17) is 11.1 Å². The summed E-state index contributed by atoms with van der Waals surface area (Å²) in [6.45, 7) is 2.99. The van der Waals surface area contributed by atoms with Crippen LogP contribution in [0, 0.1) is 20.2 Å². The van der Waals surface area contributed by atoms with Crippen LogP contribution in [0.1, 0.15) is 25.0 Å². The van der Waals surface area contributed by atoms with Gasteiger partial charge in [-0.05, 0) is 24.9 Å². The maximum Gasteiger partial charge on any atom is 0.279 e. The molecule has 2 aromatic carbocycles. The van der Waals surface area contributed by atoms with Crippen molar-refractivity contribution in [1.82, 2.24) is 0 Å². The molecule has 2 aromatic rings. The number of nitro groups is 2. The number of rotatable bonds is 7. The van der Waals surface area contributed by atoms with Crippen LogP contribution >= 0.6 is 0 Å². The summed E-state index contributed by atoms with van der Waals surface area (Å²) in [5, 5.41) is 37.1. The predicted octanol–water partition coefficient (Wildman–Crippen LogP) is 5.62. The highest BCUT2D eigenvalue weighted by atomic mass is 16.6. The third-order valence-corrected chi connectivity index (χ3v) is 3.84. The van der Waals surface area contributed by atoms with Crippen molar-refractivity contribution in [1.29, 1.82) is 0 Å². The van der Waals surface area contributed by atoms with Gasteiger partial charge in [-0.25, -0.2) is 0 Å². The van der Waals surface area contributed by atoms with Crippen LogP contribution in [0.5, 0.6) is 0 Å². The summed E-state index contributed by atoms with van der Waals surface area (Å²) >= 11 is 0. The second-order valence-corrected chi connectivity index (χ2v) is 5.61. The fourth-order valence-electron chi connectivity index (χ4n) is 2.50. The van der Waals surface area contributed by atoms with Crippen molar-refractivity contribution >= 4 is 34.2 Å². The van der Waals surface area contributed by atoms with Gasteiger partial charge in [-0.15, -0.1) is 0 Å². The number of azide groups is 2. The number of hydrogen-bond acceptors (Lipinski definition) is 8.